The molecule has 0 spiro atoms. The van der Waals surface area contributed by atoms with E-state index in [1.54, 1.807) is 11.4 Å². The Morgan fingerprint density at radius 2 is 1.95 bits per heavy atom. The van der Waals surface area contributed by atoms with Crippen molar-refractivity contribution in [1.29, 1.82) is 0 Å². The lowest BCUT2D eigenvalue weighted by Gasteiger charge is -2.30. The fourth-order valence-corrected chi connectivity index (χ4v) is 4.96. The summed E-state index contributed by atoms with van der Waals surface area (Å²) < 4.78 is 29.4. The van der Waals surface area contributed by atoms with Crippen LogP contribution >= 0.6 is 11.6 Å². The fourth-order valence-electron chi connectivity index (χ4n) is 3.35. The van der Waals surface area contributed by atoms with Crippen LogP contribution in [0.2, 0.25) is 5.02 Å². The van der Waals surface area contributed by atoms with Gasteiger partial charge in [-0.25, -0.2) is 0 Å². The van der Waals surface area contributed by atoms with E-state index in [-0.39, 0.29) is 18.0 Å². The van der Waals surface area contributed by atoms with Crippen LogP contribution in [-0.4, -0.2) is 31.9 Å². The Balaban J connectivity index is 1.61. The van der Waals surface area contributed by atoms with Crippen molar-refractivity contribution in [2.45, 2.75) is 56.5 Å². The average molecular weight is 343 g/mol. The summed E-state index contributed by atoms with van der Waals surface area (Å²) in [4.78, 5) is 0. The van der Waals surface area contributed by atoms with Gasteiger partial charge in [0.25, 0.3) is 10.2 Å². The highest BCUT2D eigenvalue weighted by atomic mass is 35.5. The summed E-state index contributed by atoms with van der Waals surface area (Å²) in [6, 6.07) is 7.82. The Labute approximate surface area is 138 Å². The molecule has 0 amide bonds. The molecule has 1 aromatic rings. The maximum Gasteiger partial charge on any atom is 0.279 e. The van der Waals surface area contributed by atoms with Crippen molar-refractivity contribution in [2.75, 3.05) is 7.05 Å². The van der Waals surface area contributed by atoms with Crippen LogP contribution in [0, 0.1) is 0 Å². The van der Waals surface area contributed by atoms with Crippen molar-refractivity contribution < 1.29 is 8.42 Å². The van der Waals surface area contributed by atoms with Crippen molar-refractivity contribution in [1.82, 2.24) is 9.03 Å². The Kier molecular flexibility index (Phi) is 4.78. The molecule has 2 atom stereocenters. The van der Waals surface area contributed by atoms with E-state index < -0.39 is 10.2 Å². The second kappa shape index (κ2) is 6.48. The second-order valence-corrected chi connectivity index (χ2v) is 8.63. The lowest BCUT2D eigenvalue weighted by atomic mass is 9.96. The zero-order valence-electron chi connectivity index (χ0n) is 12.8. The molecule has 0 aromatic heterocycles. The average Bonchev–Trinajstić information content (AvgIpc) is 3.26. The zero-order chi connectivity index (χ0) is 15.7. The Morgan fingerprint density at radius 1 is 1.23 bits per heavy atom. The van der Waals surface area contributed by atoms with Crippen LogP contribution in [0.5, 0.6) is 0 Å². The summed E-state index contributed by atoms with van der Waals surface area (Å²) in [5.41, 5.74) is 1.11. The summed E-state index contributed by atoms with van der Waals surface area (Å²) in [5.74, 6) is 0.244. The summed E-state index contributed by atoms with van der Waals surface area (Å²) in [7, 11) is -1.69. The zero-order valence-corrected chi connectivity index (χ0v) is 14.4. The number of nitrogens with one attached hydrogen (secondary N) is 1. The third kappa shape index (κ3) is 3.65. The maximum absolute atomic E-state index is 12.5. The van der Waals surface area contributed by atoms with Gasteiger partial charge in [0.05, 0.1) is 0 Å². The predicted molar refractivity (Wildman–Crippen MR) is 89.3 cm³/mol. The van der Waals surface area contributed by atoms with Gasteiger partial charge in [-0.05, 0) is 37.0 Å². The number of benzene rings is 1. The SMILES string of the molecule is CN(C1CCCCC1)S(=O)(=O)N[C@H]1C[C@H]1c1cccc(Cl)c1. The molecule has 0 unspecified atom stereocenters. The smallest absolute Gasteiger partial charge is 0.198 e. The topological polar surface area (TPSA) is 49.4 Å². The second-order valence-electron chi connectivity index (χ2n) is 6.43. The first-order chi connectivity index (χ1) is 10.5. The molecule has 0 aliphatic heterocycles. The largest absolute Gasteiger partial charge is 0.279 e. The van der Waals surface area contributed by atoms with Gasteiger partial charge in [-0.1, -0.05) is 43.0 Å². The number of halogens is 1. The van der Waals surface area contributed by atoms with E-state index in [0.717, 1.165) is 37.7 Å². The summed E-state index contributed by atoms with van der Waals surface area (Å²) in [6.07, 6.45) is 6.26. The van der Waals surface area contributed by atoms with Crippen molar-refractivity contribution in [3.05, 3.63) is 34.9 Å². The molecule has 0 saturated heterocycles. The van der Waals surface area contributed by atoms with Gasteiger partial charge in [0.2, 0.25) is 0 Å². The lowest BCUT2D eigenvalue weighted by Crippen LogP contribution is -2.45. The lowest BCUT2D eigenvalue weighted by molar-refractivity contribution is 0.283. The molecule has 0 bridgehead atoms. The van der Waals surface area contributed by atoms with Gasteiger partial charge in [0, 0.05) is 30.1 Å². The molecule has 2 saturated carbocycles. The van der Waals surface area contributed by atoms with Crippen molar-refractivity contribution in [2.24, 2.45) is 0 Å². The molecular formula is C16H23ClN2O2S. The standard InChI is InChI=1S/C16H23ClN2O2S/c1-19(14-8-3-2-4-9-14)22(20,21)18-16-11-15(16)12-6-5-7-13(17)10-12/h5-7,10,14-16,18H,2-4,8-9,11H2,1H3/t15-,16-/m0/s1. The molecule has 1 N–H and O–H groups in total. The van der Waals surface area contributed by atoms with Gasteiger partial charge in [0.1, 0.15) is 0 Å². The number of hydrogen-bond acceptors (Lipinski definition) is 2. The molecule has 6 heteroatoms. The molecule has 2 aliphatic rings. The van der Waals surface area contributed by atoms with Crippen molar-refractivity contribution >= 4 is 21.8 Å². The number of hydrogen-bond donors (Lipinski definition) is 1. The van der Waals surface area contributed by atoms with Crippen LogP contribution in [0.3, 0.4) is 0 Å². The van der Waals surface area contributed by atoms with E-state index in [1.807, 2.05) is 24.3 Å². The molecule has 0 heterocycles. The first kappa shape index (κ1) is 16.2. The van der Waals surface area contributed by atoms with Crippen LogP contribution in [-0.2, 0) is 10.2 Å². The van der Waals surface area contributed by atoms with E-state index >= 15 is 0 Å². The molecule has 2 aliphatic carbocycles. The van der Waals surface area contributed by atoms with Gasteiger partial charge >= 0.3 is 0 Å². The first-order valence-electron chi connectivity index (χ1n) is 7.98. The molecule has 2 fully saturated rings. The minimum Gasteiger partial charge on any atom is -0.198 e. The van der Waals surface area contributed by atoms with Gasteiger partial charge in [-0.15, -0.1) is 0 Å². The summed E-state index contributed by atoms with van der Waals surface area (Å²) in [5, 5.41) is 0.699. The Bertz CT molecular complexity index is 629. The Hall–Kier alpha value is -0.620. The minimum atomic E-state index is -3.40. The fraction of sp³-hybridized carbons (Fsp3) is 0.625. The number of nitrogens with zero attached hydrogens (tertiary/aromatic N) is 1. The normalized spacial score (nSPS) is 26.3. The minimum absolute atomic E-state index is 0.00509. The van der Waals surface area contributed by atoms with E-state index in [2.05, 4.69) is 4.72 Å². The van der Waals surface area contributed by atoms with Crippen LogP contribution in [0.4, 0.5) is 0 Å². The molecule has 0 radical (unpaired) electrons. The predicted octanol–water partition coefficient (Wildman–Crippen LogP) is 3.29. The van der Waals surface area contributed by atoms with Gasteiger partial charge in [-0.3, -0.25) is 0 Å². The van der Waals surface area contributed by atoms with Crippen LogP contribution < -0.4 is 4.72 Å². The molecule has 1 aromatic carbocycles. The van der Waals surface area contributed by atoms with Crippen molar-refractivity contribution in [3.8, 4) is 0 Å². The highest BCUT2D eigenvalue weighted by molar-refractivity contribution is 7.87. The molecular weight excluding hydrogens is 320 g/mol. The van der Waals surface area contributed by atoms with Gasteiger partial charge < -0.3 is 0 Å². The molecule has 22 heavy (non-hydrogen) atoms. The van der Waals surface area contributed by atoms with Gasteiger partial charge in [0.15, 0.2) is 0 Å². The highest BCUT2D eigenvalue weighted by Gasteiger charge is 2.42. The Morgan fingerprint density at radius 3 is 2.64 bits per heavy atom. The third-order valence-electron chi connectivity index (χ3n) is 4.84. The van der Waals surface area contributed by atoms with Gasteiger partial charge in [-0.2, -0.15) is 17.4 Å². The molecule has 122 valence electrons. The third-order valence-corrected chi connectivity index (χ3v) is 6.73. The monoisotopic (exact) mass is 342 g/mol. The van der Waals surface area contributed by atoms with E-state index in [1.165, 1.54) is 6.42 Å². The molecule has 4 nitrogen and oxygen atoms in total. The highest BCUT2D eigenvalue weighted by Crippen LogP contribution is 2.42. The quantitative estimate of drug-likeness (QED) is 0.892. The van der Waals surface area contributed by atoms with Crippen LogP contribution in [0.25, 0.3) is 0 Å². The first-order valence-corrected chi connectivity index (χ1v) is 9.80. The summed E-state index contributed by atoms with van der Waals surface area (Å²) in [6.45, 7) is 0. The van der Waals surface area contributed by atoms with Crippen LogP contribution in [0.1, 0.15) is 50.0 Å². The maximum atomic E-state index is 12.5. The summed E-state index contributed by atoms with van der Waals surface area (Å²) >= 11 is 6.00. The molecule has 3 rings (SSSR count). The van der Waals surface area contributed by atoms with E-state index in [0.29, 0.717) is 5.02 Å². The van der Waals surface area contributed by atoms with Crippen LogP contribution in [0.15, 0.2) is 24.3 Å². The number of rotatable bonds is 5. The van der Waals surface area contributed by atoms with Crippen molar-refractivity contribution in [3.63, 3.8) is 0 Å². The van der Waals surface area contributed by atoms with E-state index in [4.69, 9.17) is 11.6 Å². The van der Waals surface area contributed by atoms with E-state index in [9.17, 15) is 8.42 Å².